The molecule has 0 spiro atoms. The topological polar surface area (TPSA) is 66.5 Å². The highest BCUT2D eigenvalue weighted by atomic mass is 35.5. The van der Waals surface area contributed by atoms with E-state index >= 15 is 0 Å². The molecule has 1 aromatic carbocycles. The fraction of sp³-hybridized carbons (Fsp3) is 0.667. The van der Waals surface area contributed by atoms with Gasteiger partial charge in [0.2, 0.25) is 15.9 Å². The Balaban J connectivity index is 1.95. The number of sulfonamides is 1. The van der Waals surface area contributed by atoms with Crippen LogP contribution < -0.4 is 5.32 Å². The SMILES string of the molecule is CCCC[C@@H](CC)CNC(=O)[C@@H]1CCCN(S(=O)(=O)Cc2ccc(Cl)cc2Cl)C1. The summed E-state index contributed by atoms with van der Waals surface area (Å²) < 4.78 is 27.2. The van der Waals surface area contributed by atoms with Crippen molar-refractivity contribution in [1.29, 1.82) is 0 Å². The van der Waals surface area contributed by atoms with Crippen LogP contribution in [0.2, 0.25) is 10.0 Å². The number of rotatable bonds is 10. The van der Waals surface area contributed by atoms with E-state index in [0.717, 1.165) is 25.7 Å². The minimum Gasteiger partial charge on any atom is -0.356 e. The van der Waals surface area contributed by atoms with Crippen molar-refractivity contribution in [3.8, 4) is 0 Å². The van der Waals surface area contributed by atoms with Gasteiger partial charge in [-0.3, -0.25) is 4.79 Å². The average Bonchev–Trinajstić information content (AvgIpc) is 2.70. The first-order valence-corrected chi connectivity index (χ1v) is 12.8. The predicted octanol–water partition coefficient (Wildman–Crippen LogP) is 4.87. The quantitative estimate of drug-likeness (QED) is 0.539. The van der Waals surface area contributed by atoms with Crippen molar-refractivity contribution in [2.24, 2.45) is 11.8 Å². The maximum Gasteiger partial charge on any atom is 0.224 e. The molecule has 8 heteroatoms. The van der Waals surface area contributed by atoms with E-state index in [2.05, 4.69) is 19.2 Å². The monoisotopic (exact) mass is 462 g/mol. The average molecular weight is 463 g/mol. The highest BCUT2D eigenvalue weighted by Gasteiger charge is 2.32. The Bertz CT molecular complexity index is 786. The molecular formula is C21H32Cl2N2O3S. The zero-order chi connectivity index (χ0) is 21.4. The second kappa shape index (κ2) is 11.5. The van der Waals surface area contributed by atoms with Crippen molar-refractivity contribution in [2.75, 3.05) is 19.6 Å². The Morgan fingerprint density at radius 1 is 1.31 bits per heavy atom. The highest BCUT2D eigenvalue weighted by molar-refractivity contribution is 7.88. The number of hydrogen-bond acceptors (Lipinski definition) is 3. The molecule has 1 saturated heterocycles. The molecule has 1 aromatic rings. The molecule has 2 atom stereocenters. The van der Waals surface area contributed by atoms with Gasteiger partial charge < -0.3 is 5.32 Å². The number of amides is 1. The van der Waals surface area contributed by atoms with Crippen LogP contribution in [0, 0.1) is 11.8 Å². The third-order valence-corrected chi connectivity index (χ3v) is 7.99. The first kappa shape index (κ1) is 24.4. The fourth-order valence-corrected chi connectivity index (χ4v) is 5.86. The summed E-state index contributed by atoms with van der Waals surface area (Å²) in [6.07, 6.45) is 5.85. The summed E-state index contributed by atoms with van der Waals surface area (Å²) in [7, 11) is -3.56. The van der Waals surface area contributed by atoms with E-state index in [1.54, 1.807) is 18.2 Å². The number of carbonyl (C=O) groups excluding carboxylic acids is 1. The van der Waals surface area contributed by atoms with E-state index in [0.29, 0.717) is 47.5 Å². The van der Waals surface area contributed by atoms with E-state index < -0.39 is 10.0 Å². The summed E-state index contributed by atoms with van der Waals surface area (Å²) >= 11 is 12.0. The van der Waals surface area contributed by atoms with Crippen molar-refractivity contribution >= 4 is 39.1 Å². The summed E-state index contributed by atoms with van der Waals surface area (Å²) in [5.74, 6) is -0.0478. The lowest BCUT2D eigenvalue weighted by Crippen LogP contribution is -2.46. The molecule has 1 fully saturated rings. The number of hydrogen-bond donors (Lipinski definition) is 1. The van der Waals surface area contributed by atoms with E-state index in [-0.39, 0.29) is 24.1 Å². The first-order chi connectivity index (χ1) is 13.8. The summed E-state index contributed by atoms with van der Waals surface area (Å²) in [5, 5.41) is 3.86. The van der Waals surface area contributed by atoms with Gasteiger partial charge in [-0.2, -0.15) is 0 Å². The summed E-state index contributed by atoms with van der Waals surface area (Å²) in [4.78, 5) is 12.6. The third-order valence-electron chi connectivity index (χ3n) is 5.61. The number of unbranched alkanes of at least 4 members (excludes halogenated alkanes) is 1. The largest absolute Gasteiger partial charge is 0.356 e. The van der Waals surface area contributed by atoms with E-state index in [1.165, 1.54) is 4.31 Å². The van der Waals surface area contributed by atoms with Gasteiger partial charge in [0.15, 0.2) is 0 Å². The van der Waals surface area contributed by atoms with Gasteiger partial charge in [-0.05, 0) is 42.9 Å². The number of benzene rings is 1. The Morgan fingerprint density at radius 3 is 2.72 bits per heavy atom. The van der Waals surface area contributed by atoms with Crippen LogP contribution in [0.3, 0.4) is 0 Å². The summed E-state index contributed by atoms with van der Waals surface area (Å²) in [6, 6.07) is 4.81. The van der Waals surface area contributed by atoms with E-state index in [4.69, 9.17) is 23.2 Å². The van der Waals surface area contributed by atoms with Crippen molar-refractivity contribution in [2.45, 2.75) is 58.1 Å². The van der Waals surface area contributed by atoms with Crippen LogP contribution >= 0.6 is 23.2 Å². The minimum atomic E-state index is -3.56. The molecule has 0 saturated carbocycles. The van der Waals surface area contributed by atoms with E-state index in [1.807, 2.05) is 0 Å². The highest BCUT2D eigenvalue weighted by Crippen LogP contribution is 2.26. The molecule has 2 rings (SSSR count). The molecule has 1 aliphatic heterocycles. The molecule has 1 heterocycles. The van der Waals surface area contributed by atoms with Crippen LogP contribution in [0.25, 0.3) is 0 Å². The maximum atomic E-state index is 12.9. The Kier molecular flexibility index (Phi) is 9.73. The van der Waals surface area contributed by atoms with Gasteiger partial charge in [0, 0.05) is 29.7 Å². The van der Waals surface area contributed by atoms with Gasteiger partial charge in [0.1, 0.15) is 0 Å². The van der Waals surface area contributed by atoms with Crippen molar-refractivity contribution in [1.82, 2.24) is 9.62 Å². The number of piperidine rings is 1. The number of nitrogens with zero attached hydrogens (tertiary/aromatic N) is 1. The molecule has 0 bridgehead atoms. The van der Waals surface area contributed by atoms with Crippen LogP contribution in [0.1, 0.15) is 57.9 Å². The molecule has 0 radical (unpaired) electrons. The van der Waals surface area contributed by atoms with Gasteiger partial charge in [-0.1, -0.05) is 62.4 Å². The lowest BCUT2D eigenvalue weighted by Gasteiger charge is -2.31. The summed E-state index contributed by atoms with van der Waals surface area (Å²) in [6.45, 7) is 5.64. The Hall–Kier alpha value is -0.820. The Labute approximate surface area is 185 Å². The van der Waals surface area contributed by atoms with Gasteiger partial charge in [0.05, 0.1) is 11.7 Å². The number of halogens is 2. The molecular weight excluding hydrogens is 431 g/mol. The normalized spacial score (nSPS) is 19.1. The Morgan fingerprint density at radius 2 is 2.07 bits per heavy atom. The molecule has 0 aromatic heterocycles. The zero-order valence-electron chi connectivity index (χ0n) is 17.3. The fourth-order valence-electron chi connectivity index (χ4n) is 3.67. The van der Waals surface area contributed by atoms with Crippen LogP contribution in [0.15, 0.2) is 18.2 Å². The first-order valence-electron chi connectivity index (χ1n) is 10.5. The lowest BCUT2D eigenvalue weighted by atomic mass is 9.96. The minimum absolute atomic E-state index is 0.0376. The smallest absolute Gasteiger partial charge is 0.224 e. The summed E-state index contributed by atoms with van der Waals surface area (Å²) in [5.41, 5.74) is 0.518. The van der Waals surface area contributed by atoms with Gasteiger partial charge in [-0.15, -0.1) is 0 Å². The van der Waals surface area contributed by atoms with Crippen LogP contribution in [-0.2, 0) is 20.6 Å². The van der Waals surface area contributed by atoms with Crippen molar-refractivity contribution < 1.29 is 13.2 Å². The van der Waals surface area contributed by atoms with Gasteiger partial charge in [0.25, 0.3) is 0 Å². The molecule has 1 aliphatic rings. The third kappa shape index (κ3) is 7.42. The standard InChI is InChI=1S/C21H32Cl2N2O3S/c1-3-5-7-16(4-2)13-24-21(26)17-8-6-11-25(14-17)29(27,28)15-18-9-10-19(22)12-20(18)23/h9-10,12,16-17H,3-8,11,13-15H2,1-2H3,(H,24,26)/t16-,17-/m1/s1. The molecule has 0 aliphatic carbocycles. The van der Waals surface area contributed by atoms with Crippen molar-refractivity contribution in [3.63, 3.8) is 0 Å². The number of nitrogens with one attached hydrogen (secondary N) is 1. The lowest BCUT2D eigenvalue weighted by molar-refractivity contribution is -0.126. The molecule has 29 heavy (non-hydrogen) atoms. The van der Waals surface area contributed by atoms with Crippen molar-refractivity contribution in [3.05, 3.63) is 33.8 Å². The maximum absolute atomic E-state index is 12.9. The van der Waals surface area contributed by atoms with Crippen LogP contribution in [0.5, 0.6) is 0 Å². The number of carbonyl (C=O) groups is 1. The second-order valence-electron chi connectivity index (χ2n) is 7.85. The molecule has 164 valence electrons. The van der Waals surface area contributed by atoms with Gasteiger partial charge >= 0.3 is 0 Å². The molecule has 5 nitrogen and oxygen atoms in total. The van der Waals surface area contributed by atoms with Crippen LogP contribution in [0.4, 0.5) is 0 Å². The van der Waals surface area contributed by atoms with Gasteiger partial charge in [-0.25, -0.2) is 12.7 Å². The molecule has 1 amide bonds. The van der Waals surface area contributed by atoms with Crippen LogP contribution in [-0.4, -0.2) is 38.3 Å². The van der Waals surface area contributed by atoms with E-state index in [9.17, 15) is 13.2 Å². The molecule has 0 unspecified atom stereocenters. The zero-order valence-corrected chi connectivity index (χ0v) is 19.6. The predicted molar refractivity (Wildman–Crippen MR) is 120 cm³/mol. The molecule has 1 N–H and O–H groups in total. The second-order valence-corrected chi connectivity index (χ2v) is 10.7.